The van der Waals surface area contributed by atoms with Crippen molar-refractivity contribution < 1.29 is 23.4 Å². The first-order valence-corrected chi connectivity index (χ1v) is 9.06. The Labute approximate surface area is 159 Å². The fourth-order valence-corrected chi connectivity index (χ4v) is 3.59. The Morgan fingerprint density at radius 3 is 2.38 bits per heavy atom. The molecule has 0 aliphatic heterocycles. The van der Waals surface area contributed by atoms with Gasteiger partial charge in [0.25, 0.3) is 0 Å². The molecule has 0 saturated carbocycles. The molecule has 3 nitrogen and oxygen atoms in total. The van der Waals surface area contributed by atoms with Gasteiger partial charge < -0.3 is 15.9 Å². The van der Waals surface area contributed by atoms with Gasteiger partial charge in [0, 0.05) is 14.8 Å². The average molecular weight is 406 g/mol. The molecule has 0 aliphatic rings. The zero-order chi connectivity index (χ0) is 19.4. The van der Waals surface area contributed by atoms with Gasteiger partial charge in [0.15, 0.2) is 0 Å². The highest BCUT2D eigenvalue weighted by molar-refractivity contribution is 7.99. The smallest absolute Gasteiger partial charge is 0.392 e. The molecule has 2 rings (SSSR count). The van der Waals surface area contributed by atoms with Crippen molar-refractivity contribution in [2.75, 3.05) is 6.61 Å². The summed E-state index contributed by atoms with van der Waals surface area (Å²) in [4.78, 5) is 1.20. The minimum Gasteiger partial charge on any atom is -0.392 e. The van der Waals surface area contributed by atoms with Gasteiger partial charge >= 0.3 is 6.18 Å². The number of hydrogen-bond donors (Lipinski definition) is 3. The van der Waals surface area contributed by atoms with E-state index >= 15 is 0 Å². The first-order valence-electron chi connectivity index (χ1n) is 7.86. The predicted molar refractivity (Wildman–Crippen MR) is 96.2 cm³/mol. The third-order valence-electron chi connectivity index (χ3n) is 3.75. The Morgan fingerprint density at radius 2 is 1.77 bits per heavy atom. The number of benzene rings is 2. The van der Waals surface area contributed by atoms with E-state index in [1.165, 1.54) is 17.8 Å². The van der Waals surface area contributed by atoms with E-state index in [2.05, 4.69) is 0 Å². The topological polar surface area (TPSA) is 66.5 Å². The number of alkyl halides is 3. The van der Waals surface area contributed by atoms with Crippen LogP contribution in [0, 0.1) is 0 Å². The summed E-state index contributed by atoms with van der Waals surface area (Å²) in [7, 11) is 0. The summed E-state index contributed by atoms with van der Waals surface area (Å²) < 4.78 is 38.3. The van der Waals surface area contributed by atoms with Crippen molar-refractivity contribution in [3.63, 3.8) is 0 Å². The van der Waals surface area contributed by atoms with Gasteiger partial charge in [-0.1, -0.05) is 35.5 Å². The van der Waals surface area contributed by atoms with E-state index in [4.69, 9.17) is 22.4 Å². The molecule has 8 heteroatoms. The number of rotatable bonds is 7. The summed E-state index contributed by atoms with van der Waals surface area (Å²) in [5, 5.41) is 19.0. The van der Waals surface area contributed by atoms with Gasteiger partial charge in [-0.15, -0.1) is 0 Å². The monoisotopic (exact) mass is 405 g/mol. The van der Waals surface area contributed by atoms with Crippen molar-refractivity contribution in [2.24, 2.45) is 5.73 Å². The maximum Gasteiger partial charge on any atom is 0.416 e. The van der Waals surface area contributed by atoms with Gasteiger partial charge in [0.1, 0.15) is 5.72 Å². The molecule has 0 bridgehead atoms. The Kier molecular flexibility index (Phi) is 6.99. The van der Waals surface area contributed by atoms with Crippen LogP contribution in [-0.4, -0.2) is 22.5 Å². The summed E-state index contributed by atoms with van der Waals surface area (Å²) in [5.41, 5.74) is 4.00. The highest BCUT2D eigenvalue weighted by Gasteiger charge is 2.30. The Morgan fingerprint density at radius 1 is 1.08 bits per heavy atom. The van der Waals surface area contributed by atoms with E-state index < -0.39 is 24.1 Å². The van der Waals surface area contributed by atoms with Crippen LogP contribution >= 0.6 is 23.4 Å². The molecule has 0 spiro atoms. The first-order chi connectivity index (χ1) is 12.1. The number of hydrogen-bond acceptors (Lipinski definition) is 4. The second kappa shape index (κ2) is 8.63. The van der Waals surface area contributed by atoms with E-state index in [0.29, 0.717) is 22.8 Å². The van der Waals surface area contributed by atoms with E-state index in [-0.39, 0.29) is 6.42 Å². The second-order valence-electron chi connectivity index (χ2n) is 6.00. The number of halogens is 4. The average Bonchev–Trinajstić information content (AvgIpc) is 2.56. The zero-order valence-electron chi connectivity index (χ0n) is 13.8. The van der Waals surface area contributed by atoms with Crippen LogP contribution in [0.25, 0.3) is 0 Å². The molecule has 0 radical (unpaired) electrons. The van der Waals surface area contributed by atoms with Crippen molar-refractivity contribution in [1.82, 2.24) is 0 Å². The van der Waals surface area contributed by atoms with Crippen LogP contribution in [0.2, 0.25) is 5.02 Å². The largest absolute Gasteiger partial charge is 0.416 e. The lowest BCUT2D eigenvalue weighted by Crippen LogP contribution is -2.43. The van der Waals surface area contributed by atoms with Gasteiger partial charge in [-0.25, -0.2) is 0 Å². The Hall–Kier alpha value is -1.25. The maximum atomic E-state index is 12.8. The van der Waals surface area contributed by atoms with Crippen LogP contribution < -0.4 is 5.73 Å². The highest BCUT2D eigenvalue weighted by Crippen LogP contribution is 2.35. The Bertz CT molecular complexity index is 753. The molecule has 2 aromatic rings. The number of nitrogens with two attached hydrogens (primary N) is 1. The normalized spacial score (nSPS) is 14.3. The van der Waals surface area contributed by atoms with Crippen molar-refractivity contribution in [2.45, 2.75) is 41.0 Å². The minimum atomic E-state index is -4.38. The first kappa shape index (κ1) is 21.1. The summed E-state index contributed by atoms with van der Waals surface area (Å²) in [6.45, 7) is -0.521. The lowest BCUT2D eigenvalue weighted by molar-refractivity contribution is -0.137. The van der Waals surface area contributed by atoms with Crippen molar-refractivity contribution >= 4 is 23.4 Å². The number of aliphatic hydroxyl groups excluding tert-OH is 1. The molecular formula is C18H19ClF3NO2S. The molecule has 4 N–H and O–H groups in total. The standard InChI is InChI=1S/C18H19ClF3NO2S/c19-16-10-15(7-6-12(16)3-2-8-17(23,25)11-24)26-14-5-1-4-13(9-14)18(20,21)22/h1,4-7,9-10,24-25H,2-3,8,11,23H2/t17-/m1/s1. The molecule has 0 aliphatic carbocycles. The van der Waals surface area contributed by atoms with Gasteiger partial charge in [0.2, 0.25) is 0 Å². The molecule has 0 unspecified atom stereocenters. The summed E-state index contributed by atoms with van der Waals surface area (Å²) >= 11 is 7.44. The third kappa shape index (κ3) is 6.17. The van der Waals surface area contributed by atoms with Crippen LogP contribution in [-0.2, 0) is 12.6 Å². The van der Waals surface area contributed by atoms with Crippen LogP contribution in [0.4, 0.5) is 13.2 Å². The van der Waals surface area contributed by atoms with Crippen LogP contribution in [0.15, 0.2) is 52.3 Å². The summed E-state index contributed by atoms with van der Waals surface area (Å²) in [6, 6.07) is 10.4. The molecule has 2 aromatic carbocycles. The molecule has 0 saturated heterocycles. The molecule has 0 amide bonds. The van der Waals surface area contributed by atoms with Gasteiger partial charge in [-0.3, -0.25) is 0 Å². The molecule has 1 atom stereocenters. The van der Waals surface area contributed by atoms with Gasteiger partial charge in [-0.2, -0.15) is 13.2 Å². The number of aryl methyl sites for hydroxylation is 1. The molecule has 26 heavy (non-hydrogen) atoms. The summed E-state index contributed by atoms with van der Waals surface area (Å²) in [5.74, 6) is 0. The van der Waals surface area contributed by atoms with E-state index in [1.54, 1.807) is 24.3 Å². The Balaban J connectivity index is 2.03. The minimum absolute atomic E-state index is 0.223. The van der Waals surface area contributed by atoms with Crippen molar-refractivity contribution in [1.29, 1.82) is 0 Å². The van der Waals surface area contributed by atoms with Crippen LogP contribution in [0.1, 0.15) is 24.0 Å². The highest BCUT2D eigenvalue weighted by atomic mass is 35.5. The van der Waals surface area contributed by atoms with Gasteiger partial charge in [0.05, 0.1) is 12.2 Å². The lowest BCUT2D eigenvalue weighted by atomic mass is 10.0. The molecular weight excluding hydrogens is 387 g/mol. The van der Waals surface area contributed by atoms with Crippen LogP contribution in [0.3, 0.4) is 0 Å². The molecule has 0 fully saturated rings. The third-order valence-corrected chi connectivity index (χ3v) is 5.08. The SMILES string of the molecule is N[C@](O)(CO)CCCc1ccc(Sc2cccc(C(F)(F)F)c2)cc1Cl. The van der Waals surface area contributed by atoms with E-state index in [1.807, 2.05) is 0 Å². The predicted octanol–water partition coefficient (Wildman–Crippen LogP) is 4.47. The fourth-order valence-electron chi connectivity index (χ4n) is 2.33. The lowest BCUT2D eigenvalue weighted by Gasteiger charge is -2.19. The van der Waals surface area contributed by atoms with Crippen molar-refractivity contribution in [3.05, 3.63) is 58.6 Å². The van der Waals surface area contributed by atoms with E-state index in [0.717, 1.165) is 22.6 Å². The molecule has 0 heterocycles. The zero-order valence-corrected chi connectivity index (χ0v) is 15.3. The number of aliphatic hydroxyl groups is 2. The quantitative estimate of drug-likeness (QED) is 0.594. The molecule has 0 aromatic heterocycles. The summed E-state index contributed by atoms with van der Waals surface area (Å²) in [6.07, 6.45) is -3.06. The van der Waals surface area contributed by atoms with Crippen molar-refractivity contribution in [3.8, 4) is 0 Å². The second-order valence-corrected chi connectivity index (χ2v) is 7.55. The molecule has 142 valence electrons. The van der Waals surface area contributed by atoms with Gasteiger partial charge in [-0.05, 0) is 55.2 Å². The van der Waals surface area contributed by atoms with Crippen LogP contribution in [0.5, 0.6) is 0 Å². The maximum absolute atomic E-state index is 12.8. The fraction of sp³-hybridized carbons (Fsp3) is 0.333. The van der Waals surface area contributed by atoms with E-state index in [9.17, 15) is 18.3 Å².